The zero-order chi connectivity index (χ0) is 12.2. The van der Waals surface area contributed by atoms with E-state index in [1.165, 1.54) is 22.8 Å². The van der Waals surface area contributed by atoms with Gasteiger partial charge in [-0.15, -0.1) is 0 Å². The highest BCUT2D eigenvalue weighted by Gasteiger charge is 2.48. The Bertz CT molecular complexity index is 620. The summed E-state index contributed by atoms with van der Waals surface area (Å²) >= 11 is 0. The third-order valence-electron chi connectivity index (χ3n) is 4.39. The SMILES string of the molecule is O[C@@]12CCCC[C@H]1c1c(ccc3ccccc13)O2. The second-order valence-corrected chi connectivity index (χ2v) is 5.44. The summed E-state index contributed by atoms with van der Waals surface area (Å²) in [6.45, 7) is 0. The molecule has 1 aliphatic heterocycles. The molecule has 2 atom stereocenters. The molecule has 92 valence electrons. The topological polar surface area (TPSA) is 29.5 Å². The van der Waals surface area contributed by atoms with Gasteiger partial charge in [-0.25, -0.2) is 0 Å². The minimum absolute atomic E-state index is 0.146. The lowest BCUT2D eigenvalue weighted by Crippen LogP contribution is -2.40. The minimum atomic E-state index is -0.954. The Morgan fingerprint density at radius 1 is 1.11 bits per heavy atom. The molecule has 0 saturated heterocycles. The van der Waals surface area contributed by atoms with Crippen LogP contribution in [0, 0.1) is 0 Å². The summed E-state index contributed by atoms with van der Waals surface area (Å²) in [5.74, 6) is 0.0699. The Kier molecular flexibility index (Phi) is 2.01. The van der Waals surface area contributed by atoms with Gasteiger partial charge in [-0.2, -0.15) is 0 Å². The van der Waals surface area contributed by atoms with Crippen LogP contribution in [-0.2, 0) is 0 Å². The molecule has 1 saturated carbocycles. The second kappa shape index (κ2) is 3.48. The van der Waals surface area contributed by atoms with Crippen molar-refractivity contribution < 1.29 is 9.84 Å². The molecule has 2 aromatic carbocycles. The monoisotopic (exact) mass is 240 g/mol. The zero-order valence-corrected chi connectivity index (χ0v) is 10.2. The lowest BCUT2D eigenvalue weighted by Gasteiger charge is -2.33. The van der Waals surface area contributed by atoms with Gasteiger partial charge in [0, 0.05) is 12.0 Å². The average Bonchev–Trinajstić information content (AvgIpc) is 2.71. The standard InChI is InChI=1S/C16H16O2/c17-16-10-4-3-7-13(16)15-12-6-2-1-5-11(12)8-9-14(15)18-16/h1-2,5-6,8-9,13,17H,3-4,7,10H2/t13-,16+/m0/s1. The maximum Gasteiger partial charge on any atom is 0.215 e. The summed E-state index contributed by atoms with van der Waals surface area (Å²) < 4.78 is 5.86. The molecule has 2 aromatic rings. The fraction of sp³-hybridized carbons (Fsp3) is 0.375. The van der Waals surface area contributed by atoms with E-state index in [9.17, 15) is 5.11 Å². The smallest absolute Gasteiger partial charge is 0.215 e. The van der Waals surface area contributed by atoms with E-state index in [1.54, 1.807) is 0 Å². The number of ether oxygens (including phenoxy) is 1. The van der Waals surface area contributed by atoms with Crippen molar-refractivity contribution in [2.45, 2.75) is 37.4 Å². The molecule has 18 heavy (non-hydrogen) atoms. The fourth-order valence-corrected chi connectivity index (χ4v) is 3.53. The van der Waals surface area contributed by atoms with E-state index in [4.69, 9.17) is 4.74 Å². The van der Waals surface area contributed by atoms with Crippen LogP contribution in [0.15, 0.2) is 36.4 Å². The van der Waals surface area contributed by atoms with Gasteiger partial charge in [0.05, 0.1) is 5.92 Å². The van der Waals surface area contributed by atoms with E-state index in [0.29, 0.717) is 0 Å². The van der Waals surface area contributed by atoms with E-state index in [0.717, 1.165) is 25.0 Å². The third-order valence-corrected chi connectivity index (χ3v) is 4.39. The molecular weight excluding hydrogens is 224 g/mol. The zero-order valence-electron chi connectivity index (χ0n) is 10.2. The van der Waals surface area contributed by atoms with Crippen molar-refractivity contribution in [1.82, 2.24) is 0 Å². The lowest BCUT2D eigenvalue weighted by atomic mass is 9.79. The Labute approximate surface area is 106 Å². The van der Waals surface area contributed by atoms with Gasteiger partial charge >= 0.3 is 0 Å². The molecule has 0 spiro atoms. The van der Waals surface area contributed by atoms with Gasteiger partial charge in [0.15, 0.2) is 0 Å². The van der Waals surface area contributed by atoms with Gasteiger partial charge in [-0.05, 0) is 29.7 Å². The van der Waals surface area contributed by atoms with Crippen LogP contribution < -0.4 is 4.74 Å². The van der Waals surface area contributed by atoms with E-state index in [-0.39, 0.29) is 5.92 Å². The van der Waals surface area contributed by atoms with Crippen LogP contribution >= 0.6 is 0 Å². The molecule has 4 rings (SSSR count). The Morgan fingerprint density at radius 2 is 2.00 bits per heavy atom. The largest absolute Gasteiger partial charge is 0.462 e. The molecule has 1 fully saturated rings. The quantitative estimate of drug-likeness (QED) is 0.762. The Hall–Kier alpha value is -1.54. The number of hydrogen-bond acceptors (Lipinski definition) is 2. The first-order valence-corrected chi connectivity index (χ1v) is 6.71. The van der Waals surface area contributed by atoms with Crippen LogP contribution in [0.2, 0.25) is 0 Å². The van der Waals surface area contributed by atoms with Crippen molar-refractivity contribution in [3.8, 4) is 5.75 Å². The molecule has 0 bridgehead atoms. The molecule has 2 heteroatoms. The van der Waals surface area contributed by atoms with Gasteiger partial charge < -0.3 is 9.84 Å². The van der Waals surface area contributed by atoms with Gasteiger partial charge in [0.2, 0.25) is 5.79 Å². The first-order chi connectivity index (χ1) is 8.78. The Morgan fingerprint density at radius 3 is 2.94 bits per heavy atom. The maximum absolute atomic E-state index is 10.7. The highest BCUT2D eigenvalue weighted by atomic mass is 16.6. The van der Waals surface area contributed by atoms with Gasteiger partial charge in [0.1, 0.15) is 5.75 Å². The summed E-state index contributed by atoms with van der Waals surface area (Å²) in [5.41, 5.74) is 1.22. The Balaban J connectivity index is 1.99. The predicted molar refractivity (Wildman–Crippen MR) is 70.7 cm³/mol. The highest BCUT2D eigenvalue weighted by Crippen LogP contribution is 2.52. The highest BCUT2D eigenvalue weighted by molar-refractivity contribution is 5.89. The number of fused-ring (bicyclic) bond motifs is 5. The van der Waals surface area contributed by atoms with Crippen molar-refractivity contribution in [3.63, 3.8) is 0 Å². The molecule has 1 aliphatic carbocycles. The first kappa shape index (κ1) is 10.4. The summed E-state index contributed by atoms with van der Waals surface area (Å²) in [6.07, 6.45) is 4.01. The van der Waals surface area contributed by atoms with Crippen molar-refractivity contribution >= 4 is 10.8 Å². The maximum atomic E-state index is 10.7. The predicted octanol–water partition coefficient (Wildman–Crippen LogP) is 3.58. The van der Waals surface area contributed by atoms with Crippen LogP contribution in [0.3, 0.4) is 0 Å². The fourth-order valence-electron chi connectivity index (χ4n) is 3.53. The molecule has 1 N–H and O–H groups in total. The van der Waals surface area contributed by atoms with Crippen LogP contribution in [0.1, 0.15) is 37.2 Å². The number of aliphatic hydroxyl groups is 1. The summed E-state index contributed by atoms with van der Waals surface area (Å²) in [7, 11) is 0. The van der Waals surface area contributed by atoms with Crippen LogP contribution in [0.4, 0.5) is 0 Å². The number of hydrogen-bond donors (Lipinski definition) is 1. The van der Waals surface area contributed by atoms with Crippen LogP contribution in [0.5, 0.6) is 5.75 Å². The molecule has 0 aromatic heterocycles. The second-order valence-electron chi connectivity index (χ2n) is 5.44. The molecule has 0 unspecified atom stereocenters. The van der Waals surface area contributed by atoms with Gasteiger partial charge in [-0.1, -0.05) is 36.8 Å². The van der Waals surface area contributed by atoms with Gasteiger partial charge in [-0.3, -0.25) is 0 Å². The molecule has 0 amide bonds. The summed E-state index contributed by atoms with van der Waals surface area (Å²) in [5, 5.41) is 13.1. The first-order valence-electron chi connectivity index (χ1n) is 6.71. The van der Waals surface area contributed by atoms with Crippen LogP contribution in [0.25, 0.3) is 10.8 Å². The van der Waals surface area contributed by atoms with E-state index in [1.807, 2.05) is 6.07 Å². The van der Waals surface area contributed by atoms with Crippen LogP contribution in [-0.4, -0.2) is 10.9 Å². The van der Waals surface area contributed by atoms with Crippen molar-refractivity contribution in [2.75, 3.05) is 0 Å². The van der Waals surface area contributed by atoms with Crippen molar-refractivity contribution in [3.05, 3.63) is 42.0 Å². The van der Waals surface area contributed by atoms with Crippen molar-refractivity contribution in [1.29, 1.82) is 0 Å². The molecular formula is C16H16O2. The number of benzene rings is 2. The molecule has 2 nitrogen and oxygen atoms in total. The van der Waals surface area contributed by atoms with E-state index >= 15 is 0 Å². The van der Waals surface area contributed by atoms with Gasteiger partial charge in [0.25, 0.3) is 0 Å². The number of rotatable bonds is 0. The van der Waals surface area contributed by atoms with E-state index < -0.39 is 5.79 Å². The molecule has 1 heterocycles. The summed E-state index contributed by atoms with van der Waals surface area (Å²) in [6, 6.07) is 12.5. The minimum Gasteiger partial charge on any atom is -0.462 e. The van der Waals surface area contributed by atoms with E-state index in [2.05, 4.69) is 30.3 Å². The summed E-state index contributed by atoms with van der Waals surface area (Å²) in [4.78, 5) is 0. The third kappa shape index (κ3) is 1.27. The average molecular weight is 240 g/mol. The molecule has 2 aliphatic rings. The normalized spacial score (nSPS) is 29.7. The lowest BCUT2D eigenvalue weighted by molar-refractivity contribution is -0.156. The van der Waals surface area contributed by atoms with Crippen molar-refractivity contribution in [2.24, 2.45) is 0 Å². The molecule has 0 radical (unpaired) electrons.